The maximum Gasteiger partial charge on any atom is 0.337 e. The molecule has 1 unspecified atom stereocenters. The molecule has 0 aliphatic heterocycles. The number of ether oxygens (including phenoxy) is 3. The molecule has 1 atom stereocenters. The van der Waals surface area contributed by atoms with Crippen molar-refractivity contribution in [1.29, 1.82) is 0 Å². The molecule has 1 aromatic carbocycles. The Morgan fingerprint density at radius 2 is 2.05 bits per heavy atom. The minimum absolute atomic E-state index is 0.0607. The van der Waals surface area contributed by atoms with Gasteiger partial charge in [0.1, 0.15) is 0 Å². The molecule has 0 heterocycles. The normalized spacial score (nSPS) is 19.3. The van der Waals surface area contributed by atoms with Gasteiger partial charge in [0.05, 0.1) is 26.4 Å². The Kier molecular flexibility index (Phi) is 4.11. The minimum Gasteiger partial charge on any atom is -0.493 e. The molecule has 1 fully saturated rings. The molecule has 0 radical (unpaired) electrons. The van der Waals surface area contributed by atoms with Gasteiger partial charge < -0.3 is 14.2 Å². The first kappa shape index (κ1) is 14.6. The number of alkyl halides is 2. The molecule has 0 bridgehead atoms. The van der Waals surface area contributed by atoms with Crippen LogP contribution in [-0.4, -0.2) is 32.7 Å². The maximum atomic E-state index is 12.7. The van der Waals surface area contributed by atoms with E-state index in [1.54, 1.807) is 6.07 Å². The summed E-state index contributed by atoms with van der Waals surface area (Å²) in [5.74, 6) is -2.79. The second-order valence-electron chi connectivity index (χ2n) is 4.66. The van der Waals surface area contributed by atoms with Crippen molar-refractivity contribution in [3.63, 3.8) is 0 Å². The topological polar surface area (TPSA) is 44.8 Å². The highest BCUT2D eigenvalue weighted by Gasteiger charge is 2.56. The number of esters is 1. The van der Waals surface area contributed by atoms with Crippen molar-refractivity contribution in [1.82, 2.24) is 0 Å². The molecular weight excluding hydrogens is 270 g/mol. The fourth-order valence-electron chi connectivity index (χ4n) is 1.93. The van der Waals surface area contributed by atoms with Gasteiger partial charge in [-0.3, -0.25) is 0 Å². The van der Waals surface area contributed by atoms with Crippen LogP contribution in [0.3, 0.4) is 0 Å². The predicted octanol–water partition coefficient (Wildman–Crippen LogP) is 2.91. The summed E-state index contributed by atoms with van der Waals surface area (Å²) in [6.45, 7) is 0.189. The van der Waals surface area contributed by atoms with E-state index >= 15 is 0 Å². The summed E-state index contributed by atoms with van der Waals surface area (Å²) in [6.07, 6.45) is 0.240. The Balaban J connectivity index is 1.95. The quantitative estimate of drug-likeness (QED) is 0.754. The predicted molar refractivity (Wildman–Crippen MR) is 67.5 cm³/mol. The largest absolute Gasteiger partial charge is 0.493 e. The Morgan fingerprint density at radius 3 is 2.60 bits per heavy atom. The van der Waals surface area contributed by atoms with Crippen molar-refractivity contribution in [3.8, 4) is 11.5 Å². The van der Waals surface area contributed by atoms with E-state index < -0.39 is 17.8 Å². The lowest BCUT2D eigenvalue weighted by Crippen LogP contribution is -2.05. The first-order valence-electron chi connectivity index (χ1n) is 6.25. The fraction of sp³-hybridized carbons (Fsp3) is 0.500. The lowest BCUT2D eigenvalue weighted by atomic mass is 10.2. The number of carbonyl (C=O) groups is 1. The summed E-state index contributed by atoms with van der Waals surface area (Å²) in [4.78, 5) is 11.4. The van der Waals surface area contributed by atoms with Crippen molar-refractivity contribution < 1.29 is 27.8 Å². The van der Waals surface area contributed by atoms with Crippen molar-refractivity contribution in [3.05, 3.63) is 23.8 Å². The summed E-state index contributed by atoms with van der Waals surface area (Å²) in [5, 5.41) is 0. The minimum atomic E-state index is -2.53. The molecule has 1 aromatic rings. The van der Waals surface area contributed by atoms with Gasteiger partial charge >= 0.3 is 5.97 Å². The highest BCUT2D eigenvalue weighted by molar-refractivity contribution is 5.90. The Hall–Kier alpha value is -1.85. The van der Waals surface area contributed by atoms with Crippen molar-refractivity contribution >= 4 is 5.97 Å². The summed E-state index contributed by atoms with van der Waals surface area (Å²) < 4.78 is 40.6. The molecule has 4 nitrogen and oxygen atoms in total. The number of rotatable bonds is 6. The molecule has 0 saturated heterocycles. The summed E-state index contributed by atoms with van der Waals surface area (Å²) >= 11 is 0. The molecule has 1 aliphatic rings. The number of benzene rings is 1. The zero-order valence-corrected chi connectivity index (χ0v) is 11.3. The van der Waals surface area contributed by atoms with E-state index in [0.29, 0.717) is 23.5 Å². The first-order chi connectivity index (χ1) is 9.47. The lowest BCUT2D eigenvalue weighted by molar-refractivity contribution is 0.0600. The molecule has 0 amide bonds. The second-order valence-corrected chi connectivity index (χ2v) is 4.66. The first-order valence-corrected chi connectivity index (χ1v) is 6.25. The van der Waals surface area contributed by atoms with E-state index in [1.165, 1.54) is 26.4 Å². The van der Waals surface area contributed by atoms with Crippen LogP contribution in [-0.2, 0) is 4.74 Å². The van der Waals surface area contributed by atoms with Gasteiger partial charge in [-0.1, -0.05) is 0 Å². The molecule has 6 heteroatoms. The highest BCUT2D eigenvalue weighted by atomic mass is 19.3. The van der Waals surface area contributed by atoms with E-state index in [1.807, 2.05) is 0 Å². The van der Waals surface area contributed by atoms with Gasteiger partial charge in [0.2, 0.25) is 0 Å². The van der Waals surface area contributed by atoms with Crippen molar-refractivity contribution in [2.24, 2.45) is 5.92 Å². The Bertz CT molecular complexity index is 502. The zero-order chi connectivity index (χ0) is 14.8. The number of hydrogen-bond acceptors (Lipinski definition) is 4. The Labute approximate surface area is 115 Å². The third-order valence-corrected chi connectivity index (χ3v) is 3.26. The fourth-order valence-corrected chi connectivity index (χ4v) is 1.93. The number of methoxy groups -OCH3 is 2. The van der Waals surface area contributed by atoms with Crippen LogP contribution in [0.25, 0.3) is 0 Å². The van der Waals surface area contributed by atoms with Crippen LogP contribution in [0.1, 0.15) is 23.2 Å². The van der Waals surface area contributed by atoms with Gasteiger partial charge in [-0.25, -0.2) is 13.6 Å². The summed E-state index contributed by atoms with van der Waals surface area (Å²) in [5.41, 5.74) is 0.338. The van der Waals surface area contributed by atoms with E-state index in [4.69, 9.17) is 9.47 Å². The van der Waals surface area contributed by atoms with Gasteiger partial charge in [-0.15, -0.1) is 0 Å². The average molecular weight is 286 g/mol. The average Bonchev–Trinajstić information content (AvgIpc) is 3.05. The molecule has 0 spiro atoms. The number of hydrogen-bond donors (Lipinski definition) is 0. The molecule has 20 heavy (non-hydrogen) atoms. The monoisotopic (exact) mass is 286 g/mol. The molecule has 0 N–H and O–H groups in total. The van der Waals surface area contributed by atoms with E-state index in [-0.39, 0.29) is 13.0 Å². The zero-order valence-electron chi connectivity index (χ0n) is 11.3. The molecule has 0 aromatic heterocycles. The smallest absolute Gasteiger partial charge is 0.337 e. The van der Waals surface area contributed by atoms with Crippen molar-refractivity contribution in [2.75, 3.05) is 20.8 Å². The molecule has 1 aliphatic carbocycles. The van der Waals surface area contributed by atoms with Crippen LogP contribution < -0.4 is 9.47 Å². The van der Waals surface area contributed by atoms with Crippen LogP contribution in [0.4, 0.5) is 8.78 Å². The standard InChI is InChI=1S/C14H16F2O4/c1-18-12-7-9(13(17)19-2)3-4-11(12)20-6-5-10-8-14(10,15)16/h3-4,7,10H,5-6,8H2,1-2H3. The van der Waals surface area contributed by atoms with Crippen LogP contribution in [0.15, 0.2) is 18.2 Å². The summed E-state index contributed by atoms with van der Waals surface area (Å²) in [6, 6.07) is 4.60. The van der Waals surface area contributed by atoms with Gasteiger partial charge in [-0.05, 0) is 24.6 Å². The van der Waals surface area contributed by atoms with Crippen LogP contribution in [0.2, 0.25) is 0 Å². The third-order valence-electron chi connectivity index (χ3n) is 3.26. The van der Waals surface area contributed by atoms with Gasteiger partial charge in [-0.2, -0.15) is 0 Å². The molecule has 110 valence electrons. The second kappa shape index (κ2) is 5.64. The number of carbonyl (C=O) groups excluding carboxylic acids is 1. The van der Waals surface area contributed by atoms with Gasteiger partial charge in [0, 0.05) is 12.3 Å². The van der Waals surface area contributed by atoms with Crippen molar-refractivity contribution in [2.45, 2.75) is 18.8 Å². The van der Waals surface area contributed by atoms with E-state index in [0.717, 1.165) is 0 Å². The molecule has 1 saturated carbocycles. The molecule has 2 rings (SSSR count). The SMILES string of the molecule is COC(=O)c1ccc(OCCC2CC2(F)F)c(OC)c1. The summed E-state index contributed by atoms with van der Waals surface area (Å²) in [7, 11) is 2.73. The van der Waals surface area contributed by atoms with E-state index in [2.05, 4.69) is 4.74 Å². The van der Waals surface area contributed by atoms with E-state index in [9.17, 15) is 13.6 Å². The molecular formula is C14H16F2O4. The van der Waals surface area contributed by atoms with Crippen LogP contribution in [0, 0.1) is 5.92 Å². The Morgan fingerprint density at radius 1 is 1.35 bits per heavy atom. The highest BCUT2D eigenvalue weighted by Crippen LogP contribution is 2.50. The lowest BCUT2D eigenvalue weighted by Gasteiger charge is -2.11. The van der Waals surface area contributed by atoms with Gasteiger partial charge in [0.25, 0.3) is 5.92 Å². The third kappa shape index (κ3) is 3.18. The van der Waals surface area contributed by atoms with Gasteiger partial charge in [0.15, 0.2) is 11.5 Å². The number of halogens is 2. The van der Waals surface area contributed by atoms with Crippen LogP contribution in [0.5, 0.6) is 11.5 Å². The van der Waals surface area contributed by atoms with Crippen LogP contribution >= 0.6 is 0 Å². The maximum absolute atomic E-state index is 12.7.